The van der Waals surface area contributed by atoms with E-state index in [-0.39, 0.29) is 11.3 Å². The third-order valence-electron chi connectivity index (χ3n) is 2.40. The summed E-state index contributed by atoms with van der Waals surface area (Å²) in [4.78, 5) is 11.0. The molecule has 0 aliphatic rings. The van der Waals surface area contributed by atoms with E-state index < -0.39 is 5.97 Å². The zero-order valence-corrected chi connectivity index (χ0v) is 9.43. The van der Waals surface area contributed by atoms with Crippen LogP contribution in [0.3, 0.4) is 0 Å². The van der Waals surface area contributed by atoms with E-state index in [1.165, 1.54) is 13.3 Å². The molecule has 2 rings (SSSR count). The topological polar surface area (TPSA) is 72.6 Å². The lowest BCUT2D eigenvalue weighted by Gasteiger charge is -2.07. The van der Waals surface area contributed by atoms with Crippen LogP contribution in [-0.4, -0.2) is 23.3 Å². The maximum absolute atomic E-state index is 11.0. The van der Waals surface area contributed by atoms with Crippen LogP contribution in [0.4, 0.5) is 0 Å². The van der Waals surface area contributed by atoms with Crippen molar-refractivity contribution in [2.24, 2.45) is 0 Å². The van der Waals surface area contributed by atoms with Crippen molar-refractivity contribution in [1.82, 2.24) is 5.16 Å². The predicted molar refractivity (Wildman–Crippen MR) is 60.2 cm³/mol. The van der Waals surface area contributed by atoms with E-state index in [1.54, 1.807) is 6.07 Å². The summed E-state index contributed by atoms with van der Waals surface area (Å²) in [6.45, 7) is 1.92. The number of benzene rings is 1. The van der Waals surface area contributed by atoms with Crippen LogP contribution >= 0.6 is 0 Å². The molecule has 1 aromatic heterocycles. The Morgan fingerprint density at radius 3 is 2.88 bits per heavy atom. The number of carboxylic acid groups (broad SMARTS) is 1. The summed E-state index contributed by atoms with van der Waals surface area (Å²) >= 11 is 0. The fraction of sp³-hybridized carbons (Fsp3) is 0.167. The van der Waals surface area contributed by atoms with Gasteiger partial charge in [0.25, 0.3) is 0 Å². The van der Waals surface area contributed by atoms with Crippen molar-refractivity contribution in [2.45, 2.75) is 6.92 Å². The number of aromatic nitrogens is 1. The SMILES string of the molecule is COc1cc(C)ccc1-c1oncc1C(=O)O. The number of hydrogen-bond donors (Lipinski definition) is 1. The van der Waals surface area contributed by atoms with Crippen LogP contribution < -0.4 is 4.74 Å². The number of nitrogens with zero attached hydrogens (tertiary/aromatic N) is 1. The standard InChI is InChI=1S/C12H11NO4/c1-7-3-4-8(10(5-7)16-2)11-9(12(14)15)6-13-17-11/h3-6H,1-2H3,(H,14,15). The van der Waals surface area contributed by atoms with E-state index in [0.717, 1.165) is 5.56 Å². The molecule has 0 amide bonds. The number of hydrogen-bond acceptors (Lipinski definition) is 4. The summed E-state index contributed by atoms with van der Waals surface area (Å²) in [7, 11) is 1.52. The fourth-order valence-electron chi connectivity index (χ4n) is 1.57. The average Bonchev–Trinajstić information content (AvgIpc) is 2.77. The Kier molecular flexibility index (Phi) is 2.82. The maximum Gasteiger partial charge on any atom is 0.341 e. The molecule has 2 aromatic rings. The zero-order valence-electron chi connectivity index (χ0n) is 9.43. The van der Waals surface area contributed by atoms with E-state index in [2.05, 4.69) is 5.16 Å². The molecular formula is C12H11NO4. The Labute approximate surface area is 97.6 Å². The molecule has 0 spiro atoms. The van der Waals surface area contributed by atoms with E-state index in [9.17, 15) is 4.79 Å². The van der Waals surface area contributed by atoms with Gasteiger partial charge in [-0.05, 0) is 24.6 Å². The number of aryl methyl sites for hydroxylation is 1. The maximum atomic E-state index is 11.0. The van der Waals surface area contributed by atoms with Crippen LogP contribution in [0.5, 0.6) is 5.75 Å². The minimum absolute atomic E-state index is 0.0205. The Morgan fingerprint density at radius 2 is 2.24 bits per heavy atom. The molecule has 0 saturated heterocycles. The molecule has 1 aromatic carbocycles. The van der Waals surface area contributed by atoms with E-state index >= 15 is 0 Å². The summed E-state index contributed by atoms with van der Waals surface area (Å²) in [5.74, 6) is -0.317. The number of methoxy groups -OCH3 is 1. The van der Waals surface area contributed by atoms with Gasteiger partial charge in [0.05, 0.1) is 18.9 Å². The molecule has 0 radical (unpaired) electrons. The molecule has 17 heavy (non-hydrogen) atoms. The Morgan fingerprint density at radius 1 is 1.47 bits per heavy atom. The highest BCUT2D eigenvalue weighted by Crippen LogP contribution is 2.32. The molecule has 1 N–H and O–H groups in total. The fourth-order valence-corrected chi connectivity index (χ4v) is 1.57. The highest BCUT2D eigenvalue weighted by atomic mass is 16.5. The zero-order chi connectivity index (χ0) is 12.4. The number of rotatable bonds is 3. The highest BCUT2D eigenvalue weighted by Gasteiger charge is 2.19. The number of carbonyl (C=O) groups is 1. The van der Waals surface area contributed by atoms with Crippen molar-refractivity contribution >= 4 is 5.97 Å². The van der Waals surface area contributed by atoms with Gasteiger partial charge in [0.2, 0.25) is 0 Å². The van der Waals surface area contributed by atoms with Gasteiger partial charge in [-0.15, -0.1) is 0 Å². The molecule has 5 heteroatoms. The smallest absolute Gasteiger partial charge is 0.341 e. The van der Waals surface area contributed by atoms with Gasteiger partial charge in [-0.1, -0.05) is 11.2 Å². The Hall–Kier alpha value is -2.30. The highest BCUT2D eigenvalue weighted by molar-refractivity contribution is 5.94. The summed E-state index contributed by atoms with van der Waals surface area (Å²) in [6, 6.07) is 5.41. The van der Waals surface area contributed by atoms with Gasteiger partial charge in [-0.3, -0.25) is 0 Å². The monoisotopic (exact) mass is 233 g/mol. The predicted octanol–water partition coefficient (Wildman–Crippen LogP) is 2.36. The summed E-state index contributed by atoms with van der Waals surface area (Å²) in [6.07, 6.45) is 1.18. The van der Waals surface area contributed by atoms with E-state index in [4.69, 9.17) is 14.4 Å². The molecule has 0 aliphatic carbocycles. The third kappa shape index (κ3) is 1.99. The number of aromatic carboxylic acids is 1. The minimum atomic E-state index is -1.08. The molecule has 0 saturated carbocycles. The number of ether oxygens (including phenoxy) is 1. The molecule has 5 nitrogen and oxygen atoms in total. The lowest BCUT2D eigenvalue weighted by molar-refractivity contribution is 0.0697. The van der Waals surface area contributed by atoms with Crippen molar-refractivity contribution in [1.29, 1.82) is 0 Å². The van der Waals surface area contributed by atoms with Crippen LogP contribution in [0.15, 0.2) is 28.9 Å². The second-order valence-corrected chi connectivity index (χ2v) is 3.58. The largest absolute Gasteiger partial charge is 0.496 e. The van der Waals surface area contributed by atoms with Crippen LogP contribution in [0, 0.1) is 6.92 Å². The first-order valence-corrected chi connectivity index (χ1v) is 4.96. The summed E-state index contributed by atoms with van der Waals surface area (Å²) in [5.41, 5.74) is 1.61. The lowest BCUT2D eigenvalue weighted by atomic mass is 10.1. The van der Waals surface area contributed by atoms with E-state index in [1.807, 2.05) is 19.1 Å². The Balaban J connectivity index is 2.60. The molecule has 88 valence electrons. The first-order chi connectivity index (χ1) is 8.13. The Bertz CT molecular complexity index is 559. The minimum Gasteiger partial charge on any atom is -0.496 e. The molecule has 0 fully saturated rings. The molecular weight excluding hydrogens is 222 g/mol. The van der Waals surface area contributed by atoms with Gasteiger partial charge in [0.1, 0.15) is 11.3 Å². The molecule has 0 atom stereocenters. The number of carboxylic acids is 1. The molecule has 0 bridgehead atoms. The third-order valence-corrected chi connectivity index (χ3v) is 2.40. The van der Waals surface area contributed by atoms with E-state index in [0.29, 0.717) is 11.3 Å². The summed E-state index contributed by atoms with van der Waals surface area (Å²) < 4.78 is 10.2. The summed E-state index contributed by atoms with van der Waals surface area (Å²) in [5, 5.41) is 12.5. The van der Waals surface area contributed by atoms with Crippen molar-refractivity contribution < 1.29 is 19.2 Å². The van der Waals surface area contributed by atoms with Crippen molar-refractivity contribution in [3.8, 4) is 17.1 Å². The van der Waals surface area contributed by atoms with Gasteiger partial charge >= 0.3 is 5.97 Å². The van der Waals surface area contributed by atoms with Gasteiger partial charge < -0.3 is 14.4 Å². The second kappa shape index (κ2) is 4.29. The molecule has 0 unspecified atom stereocenters. The van der Waals surface area contributed by atoms with Crippen LogP contribution in [0.25, 0.3) is 11.3 Å². The quantitative estimate of drug-likeness (QED) is 0.880. The normalized spacial score (nSPS) is 10.2. The molecule has 1 heterocycles. The average molecular weight is 233 g/mol. The second-order valence-electron chi connectivity index (χ2n) is 3.58. The van der Waals surface area contributed by atoms with Crippen molar-refractivity contribution in [2.75, 3.05) is 7.11 Å². The molecule has 0 aliphatic heterocycles. The lowest BCUT2D eigenvalue weighted by Crippen LogP contribution is -1.97. The van der Waals surface area contributed by atoms with Crippen LogP contribution in [0.1, 0.15) is 15.9 Å². The van der Waals surface area contributed by atoms with Crippen LogP contribution in [0.2, 0.25) is 0 Å². The van der Waals surface area contributed by atoms with Gasteiger partial charge in [0, 0.05) is 0 Å². The van der Waals surface area contributed by atoms with Crippen LogP contribution in [-0.2, 0) is 0 Å². The first kappa shape index (κ1) is 11.2. The van der Waals surface area contributed by atoms with Gasteiger partial charge in [-0.25, -0.2) is 4.79 Å². The van der Waals surface area contributed by atoms with Gasteiger partial charge in [0.15, 0.2) is 5.76 Å². The van der Waals surface area contributed by atoms with Gasteiger partial charge in [-0.2, -0.15) is 0 Å². The first-order valence-electron chi connectivity index (χ1n) is 4.96. The van der Waals surface area contributed by atoms with Crippen molar-refractivity contribution in [3.05, 3.63) is 35.5 Å². The van der Waals surface area contributed by atoms with Crippen molar-refractivity contribution in [3.63, 3.8) is 0 Å².